The van der Waals surface area contributed by atoms with Gasteiger partial charge in [0.15, 0.2) is 4.34 Å². The monoisotopic (exact) mass is 409 g/mol. The first-order valence-electron chi connectivity index (χ1n) is 8.79. The van der Waals surface area contributed by atoms with Crippen LogP contribution in [0.3, 0.4) is 0 Å². The molecular formula is C16H23N7O2S2. The number of thiazole rings is 1. The highest BCUT2D eigenvalue weighted by molar-refractivity contribution is 8.02. The Morgan fingerprint density at radius 2 is 2.22 bits per heavy atom. The first kappa shape index (κ1) is 19.8. The molecule has 0 bridgehead atoms. The predicted octanol–water partition coefficient (Wildman–Crippen LogP) is 0.484. The minimum Gasteiger partial charge on any atom is -0.369 e. The summed E-state index contributed by atoms with van der Waals surface area (Å²) in [7, 11) is 0. The Morgan fingerprint density at radius 1 is 1.44 bits per heavy atom. The van der Waals surface area contributed by atoms with Gasteiger partial charge in [0.25, 0.3) is 0 Å². The number of nitrogens with one attached hydrogen (secondary N) is 2. The van der Waals surface area contributed by atoms with Gasteiger partial charge in [0.05, 0.1) is 36.1 Å². The molecule has 0 spiro atoms. The Kier molecular flexibility index (Phi) is 6.80. The lowest BCUT2D eigenvalue weighted by molar-refractivity contribution is -0.120. The molecule has 1 atom stereocenters. The highest BCUT2D eigenvalue weighted by Gasteiger charge is 2.17. The minimum absolute atomic E-state index is 0.129. The third-order valence-electron chi connectivity index (χ3n) is 4.26. The molecule has 11 heteroatoms. The van der Waals surface area contributed by atoms with Crippen LogP contribution in [0.2, 0.25) is 0 Å². The number of amides is 2. The quantitative estimate of drug-likeness (QED) is 0.541. The molecule has 4 N–H and O–H groups in total. The number of primary amides is 1. The van der Waals surface area contributed by atoms with E-state index in [1.54, 1.807) is 6.92 Å². The summed E-state index contributed by atoms with van der Waals surface area (Å²) in [5.74, 6) is -0.511. The third kappa shape index (κ3) is 5.75. The van der Waals surface area contributed by atoms with E-state index in [2.05, 4.69) is 25.9 Å². The van der Waals surface area contributed by atoms with Crippen molar-refractivity contribution >= 4 is 34.9 Å². The lowest BCUT2D eigenvalue weighted by Gasteiger charge is -2.22. The number of hydrogen-bond donors (Lipinski definition) is 3. The maximum absolute atomic E-state index is 12.1. The first-order chi connectivity index (χ1) is 13.0. The number of nitrogens with zero attached hydrogens (tertiary/aromatic N) is 4. The van der Waals surface area contributed by atoms with Crippen LogP contribution in [0.5, 0.6) is 0 Å². The molecule has 0 saturated carbocycles. The second-order valence-electron chi connectivity index (χ2n) is 6.39. The van der Waals surface area contributed by atoms with Crippen molar-refractivity contribution < 1.29 is 9.59 Å². The summed E-state index contributed by atoms with van der Waals surface area (Å²) >= 11 is 2.71. The number of nitrogens with two attached hydrogens (primary N) is 1. The maximum atomic E-state index is 12.1. The van der Waals surface area contributed by atoms with E-state index in [0.29, 0.717) is 18.3 Å². The normalized spacial score (nSPS) is 16.2. The van der Waals surface area contributed by atoms with E-state index in [-0.39, 0.29) is 23.5 Å². The fourth-order valence-corrected chi connectivity index (χ4v) is 4.62. The molecule has 9 nitrogen and oxygen atoms in total. The van der Waals surface area contributed by atoms with Gasteiger partial charge in [-0.2, -0.15) is 0 Å². The summed E-state index contributed by atoms with van der Waals surface area (Å²) in [5, 5.41) is 16.0. The zero-order valence-corrected chi connectivity index (χ0v) is 16.7. The van der Waals surface area contributed by atoms with E-state index in [0.717, 1.165) is 36.0 Å². The van der Waals surface area contributed by atoms with Gasteiger partial charge in [0.2, 0.25) is 11.8 Å². The molecule has 3 rings (SSSR count). The van der Waals surface area contributed by atoms with Gasteiger partial charge in [-0.3, -0.25) is 9.59 Å². The number of aromatic nitrogens is 4. The van der Waals surface area contributed by atoms with Crippen LogP contribution < -0.4 is 16.4 Å². The van der Waals surface area contributed by atoms with Gasteiger partial charge in [-0.1, -0.05) is 17.0 Å². The highest BCUT2D eigenvalue weighted by atomic mass is 32.2. The largest absolute Gasteiger partial charge is 0.369 e. The molecule has 1 aliphatic heterocycles. The van der Waals surface area contributed by atoms with Crippen LogP contribution >= 0.6 is 23.1 Å². The lowest BCUT2D eigenvalue weighted by Crippen LogP contribution is -2.29. The van der Waals surface area contributed by atoms with Crippen LogP contribution in [-0.2, 0) is 22.6 Å². The van der Waals surface area contributed by atoms with E-state index in [4.69, 9.17) is 5.73 Å². The van der Waals surface area contributed by atoms with Crippen LogP contribution in [0.15, 0.2) is 15.9 Å². The Balaban J connectivity index is 1.45. The SMILES string of the molecule is CC(Sc1nc(CC(=O)NCc2cn(C3CCNCC3)nn2)cs1)C(N)=O. The molecule has 1 saturated heterocycles. The number of carbonyl (C=O) groups is 2. The zero-order valence-electron chi connectivity index (χ0n) is 15.1. The topological polar surface area (TPSA) is 128 Å². The second-order valence-corrected chi connectivity index (χ2v) is 8.84. The van der Waals surface area contributed by atoms with Crippen LogP contribution in [0.25, 0.3) is 0 Å². The molecule has 3 heterocycles. The minimum atomic E-state index is -0.382. The summed E-state index contributed by atoms with van der Waals surface area (Å²) in [5.41, 5.74) is 6.67. The van der Waals surface area contributed by atoms with Crippen LogP contribution in [0.1, 0.15) is 37.2 Å². The average Bonchev–Trinajstić information content (AvgIpc) is 3.30. The molecular weight excluding hydrogens is 386 g/mol. The molecule has 0 aromatic carbocycles. The van der Waals surface area contributed by atoms with Crippen molar-refractivity contribution in [1.29, 1.82) is 0 Å². The van der Waals surface area contributed by atoms with E-state index in [9.17, 15) is 9.59 Å². The van der Waals surface area contributed by atoms with Crippen LogP contribution in [0.4, 0.5) is 0 Å². The van der Waals surface area contributed by atoms with Crippen LogP contribution in [-0.4, -0.2) is 50.1 Å². The van der Waals surface area contributed by atoms with E-state index in [1.807, 2.05) is 16.3 Å². The summed E-state index contributed by atoms with van der Waals surface area (Å²) in [6.45, 7) is 4.05. The van der Waals surface area contributed by atoms with Gasteiger partial charge in [-0.15, -0.1) is 16.4 Å². The number of carbonyl (C=O) groups excluding carboxylic acids is 2. The number of piperidine rings is 1. The molecule has 0 radical (unpaired) electrons. The Morgan fingerprint density at radius 3 is 2.96 bits per heavy atom. The zero-order chi connectivity index (χ0) is 19.2. The molecule has 1 unspecified atom stereocenters. The van der Waals surface area contributed by atoms with E-state index in [1.165, 1.54) is 23.1 Å². The number of rotatable bonds is 8. The second kappa shape index (κ2) is 9.29. The van der Waals surface area contributed by atoms with Gasteiger partial charge in [-0.25, -0.2) is 9.67 Å². The average molecular weight is 410 g/mol. The van der Waals surface area contributed by atoms with Gasteiger partial charge in [0, 0.05) is 5.38 Å². The Labute approximate surface area is 165 Å². The third-order valence-corrected chi connectivity index (χ3v) is 6.40. The number of thioether (sulfide) groups is 1. The standard InChI is InChI=1S/C16H23N7O2S2/c1-10(15(17)25)27-16-20-11(9-26-16)6-14(24)19-7-12-8-23(22-21-12)13-2-4-18-5-3-13/h8-10,13,18H,2-7H2,1H3,(H2,17,25)(H,19,24). The van der Waals surface area contributed by atoms with Crippen LogP contribution in [0, 0.1) is 0 Å². The molecule has 1 fully saturated rings. The molecule has 27 heavy (non-hydrogen) atoms. The van der Waals surface area contributed by atoms with Crippen molar-refractivity contribution in [3.05, 3.63) is 23.0 Å². The molecule has 2 amide bonds. The van der Waals surface area contributed by atoms with Gasteiger partial charge < -0.3 is 16.4 Å². The van der Waals surface area contributed by atoms with Crippen molar-refractivity contribution in [3.63, 3.8) is 0 Å². The van der Waals surface area contributed by atoms with Crippen molar-refractivity contribution in [1.82, 2.24) is 30.6 Å². The van der Waals surface area contributed by atoms with Gasteiger partial charge in [-0.05, 0) is 32.9 Å². The molecule has 2 aromatic heterocycles. The Bertz CT molecular complexity index is 785. The van der Waals surface area contributed by atoms with Crippen molar-refractivity contribution in [2.24, 2.45) is 5.73 Å². The molecule has 2 aromatic rings. The summed E-state index contributed by atoms with van der Waals surface area (Å²) in [6.07, 6.45) is 4.16. The molecule has 1 aliphatic rings. The fraction of sp³-hybridized carbons (Fsp3) is 0.562. The number of hydrogen-bond acceptors (Lipinski definition) is 8. The molecule has 146 valence electrons. The summed E-state index contributed by atoms with van der Waals surface area (Å²) < 4.78 is 2.63. The van der Waals surface area contributed by atoms with Gasteiger partial charge in [0.1, 0.15) is 5.69 Å². The summed E-state index contributed by atoms with van der Waals surface area (Å²) in [6, 6.07) is 0.372. The smallest absolute Gasteiger partial charge is 0.230 e. The summed E-state index contributed by atoms with van der Waals surface area (Å²) in [4.78, 5) is 27.6. The molecule has 0 aliphatic carbocycles. The Hall–Kier alpha value is -1.98. The van der Waals surface area contributed by atoms with Crippen molar-refractivity contribution in [2.75, 3.05) is 13.1 Å². The fourth-order valence-electron chi connectivity index (χ4n) is 2.69. The van der Waals surface area contributed by atoms with Crippen molar-refractivity contribution in [3.8, 4) is 0 Å². The van der Waals surface area contributed by atoms with E-state index >= 15 is 0 Å². The first-order valence-corrected chi connectivity index (χ1v) is 10.6. The predicted molar refractivity (Wildman–Crippen MR) is 103 cm³/mol. The van der Waals surface area contributed by atoms with Gasteiger partial charge >= 0.3 is 0 Å². The maximum Gasteiger partial charge on any atom is 0.230 e. The van der Waals surface area contributed by atoms with E-state index < -0.39 is 0 Å². The van der Waals surface area contributed by atoms with Crippen molar-refractivity contribution in [2.45, 2.75) is 48.4 Å². The lowest BCUT2D eigenvalue weighted by atomic mass is 10.1. The highest BCUT2D eigenvalue weighted by Crippen LogP contribution is 2.26.